The smallest absolute Gasteiger partial charge is 0.203 e. The van der Waals surface area contributed by atoms with Gasteiger partial charge < -0.3 is 11.1 Å². The van der Waals surface area contributed by atoms with Crippen LogP contribution >= 0.6 is 0 Å². The van der Waals surface area contributed by atoms with Crippen molar-refractivity contribution in [3.8, 4) is 0 Å². The van der Waals surface area contributed by atoms with E-state index < -0.39 is 0 Å². The Kier molecular flexibility index (Phi) is 3.07. The average Bonchev–Trinajstić information content (AvgIpc) is 2.94. The topological polar surface area (TPSA) is 81.1 Å². The number of hydrogen-bond donors (Lipinski definition) is 2. The molecule has 6 nitrogen and oxygen atoms in total. The maximum atomic E-state index is 5.57. The summed E-state index contributed by atoms with van der Waals surface area (Å²) in [6, 6.07) is 8.17. The minimum atomic E-state index is 0.564. The first-order valence-electron chi connectivity index (χ1n) is 6.03. The van der Waals surface area contributed by atoms with E-state index in [1.54, 1.807) is 12.5 Å². The zero-order chi connectivity index (χ0) is 13.1. The number of fused-ring (bicyclic) bond motifs is 1. The second-order valence-corrected chi connectivity index (χ2v) is 4.21. The van der Waals surface area contributed by atoms with Crippen molar-refractivity contribution in [1.29, 1.82) is 0 Å². The molecule has 19 heavy (non-hydrogen) atoms. The molecule has 0 spiro atoms. The second kappa shape index (κ2) is 5.03. The molecule has 0 fully saturated rings. The van der Waals surface area contributed by atoms with E-state index in [4.69, 9.17) is 5.73 Å². The highest BCUT2D eigenvalue weighted by molar-refractivity contribution is 5.61. The fraction of sp³-hybridized carbons (Fsp3) is 0.154. The predicted molar refractivity (Wildman–Crippen MR) is 72.4 cm³/mol. The lowest BCUT2D eigenvalue weighted by Gasteiger charge is -2.06. The number of nitrogens with one attached hydrogen (secondary N) is 1. The maximum Gasteiger partial charge on any atom is 0.203 e. The number of nitrogens with two attached hydrogens (primary N) is 1. The van der Waals surface area contributed by atoms with Crippen molar-refractivity contribution in [1.82, 2.24) is 19.6 Å². The number of hydrogen-bond acceptors (Lipinski definition) is 5. The molecule has 2 aromatic heterocycles. The van der Waals surface area contributed by atoms with E-state index in [9.17, 15) is 0 Å². The van der Waals surface area contributed by atoms with Gasteiger partial charge in [-0.05, 0) is 11.1 Å². The van der Waals surface area contributed by atoms with Crippen LogP contribution in [0.5, 0.6) is 0 Å². The Morgan fingerprint density at radius 3 is 2.74 bits per heavy atom. The van der Waals surface area contributed by atoms with E-state index in [2.05, 4.69) is 32.6 Å². The van der Waals surface area contributed by atoms with E-state index in [1.807, 2.05) is 22.7 Å². The van der Waals surface area contributed by atoms with Gasteiger partial charge in [0.1, 0.15) is 6.33 Å². The van der Waals surface area contributed by atoms with Crippen LogP contribution in [0.4, 0.5) is 5.82 Å². The third-order valence-electron chi connectivity index (χ3n) is 2.93. The van der Waals surface area contributed by atoms with Crippen LogP contribution in [0.2, 0.25) is 0 Å². The summed E-state index contributed by atoms with van der Waals surface area (Å²) < 4.78 is 1.83. The molecule has 3 rings (SSSR count). The zero-order valence-corrected chi connectivity index (χ0v) is 10.3. The van der Waals surface area contributed by atoms with Crippen LogP contribution in [0.15, 0.2) is 43.0 Å². The zero-order valence-electron chi connectivity index (χ0n) is 10.3. The van der Waals surface area contributed by atoms with Gasteiger partial charge in [0, 0.05) is 25.5 Å². The molecule has 0 saturated heterocycles. The van der Waals surface area contributed by atoms with Gasteiger partial charge in [-0.2, -0.15) is 0 Å². The van der Waals surface area contributed by atoms with Crippen molar-refractivity contribution >= 4 is 11.5 Å². The fourth-order valence-electron chi connectivity index (χ4n) is 1.86. The molecule has 0 aliphatic rings. The van der Waals surface area contributed by atoms with Crippen molar-refractivity contribution < 1.29 is 0 Å². The van der Waals surface area contributed by atoms with Crippen LogP contribution in [-0.4, -0.2) is 19.6 Å². The summed E-state index contributed by atoms with van der Waals surface area (Å²) in [5.41, 5.74) is 8.59. The minimum Gasteiger partial charge on any atom is -0.363 e. The molecule has 3 N–H and O–H groups in total. The quantitative estimate of drug-likeness (QED) is 0.731. The molecule has 3 aromatic rings. The van der Waals surface area contributed by atoms with E-state index >= 15 is 0 Å². The van der Waals surface area contributed by atoms with Crippen molar-refractivity contribution in [3.63, 3.8) is 0 Å². The Morgan fingerprint density at radius 1 is 1.16 bits per heavy atom. The Morgan fingerprint density at radius 2 is 1.95 bits per heavy atom. The van der Waals surface area contributed by atoms with Gasteiger partial charge in [-0.15, -0.1) is 10.2 Å². The lowest BCUT2D eigenvalue weighted by atomic mass is 10.1. The normalized spacial score (nSPS) is 10.8. The van der Waals surface area contributed by atoms with E-state index in [-0.39, 0.29) is 0 Å². The molecule has 1 aromatic carbocycles. The first-order valence-corrected chi connectivity index (χ1v) is 6.03. The van der Waals surface area contributed by atoms with Gasteiger partial charge in [0.15, 0.2) is 5.82 Å². The van der Waals surface area contributed by atoms with Gasteiger partial charge in [0.25, 0.3) is 0 Å². The Labute approximate surface area is 110 Å². The summed E-state index contributed by atoms with van der Waals surface area (Å²) >= 11 is 0. The van der Waals surface area contributed by atoms with E-state index in [0.29, 0.717) is 13.1 Å². The molecule has 0 saturated carbocycles. The van der Waals surface area contributed by atoms with Gasteiger partial charge in [-0.3, -0.25) is 4.40 Å². The molecule has 96 valence electrons. The highest BCUT2D eigenvalue weighted by Crippen LogP contribution is 2.12. The number of anilines is 1. The highest BCUT2D eigenvalue weighted by atomic mass is 15.2. The van der Waals surface area contributed by atoms with Crippen LogP contribution in [0.3, 0.4) is 0 Å². The SMILES string of the molecule is NCc1ccc(CNc2nccn3cnnc23)cc1. The largest absolute Gasteiger partial charge is 0.363 e. The van der Waals surface area contributed by atoms with Crippen molar-refractivity contribution in [2.75, 3.05) is 5.32 Å². The lowest BCUT2D eigenvalue weighted by molar-refractivity contribution is 1.05. The summed E-state index contributed by atoms with van der Waals surface area (Å²) in [6.45, 7) is 1.25. The summed E-state index contributed by atoms with van der Waals surface area (Å²) in [5.74, 6) is 0.725. The number of nitrogens with zero attached hydrogens (tertiary/aromatic N) is 4. The summed E-state index contributed by atoms with van der Waals surface area (Å²) in [7, 11) is 0. The first-order chi connectivity index (χ1) is 9.36. The first kappa shape index (κ1) is 11.6. The van der Waals surface area contributed by atoms with Crippen LogP contribution in [0.1, 0.15) is 11.1 Å². The average molecular weight is 254 g/mol. The molecule has 0 aliphatic carbocycles. The van der Waals surface area contributed by atoms with Crippen LogP contribution in [0.25, 0.3) is 5.65 Å². The second-order valence-electron chi connectivity index (χ2n) is 4.21. The molecule has 0 aliphatic heterocycles. The standard InChI is InChI=1S/C13H14N6/c14-7-10-1-3-11(4-2-10)8-16-12-13-18-17-9-19(13)6-5-15-12/h1-6,9H,7-8,14H2,(H,15,16). The van der Waals surface area contributed by atoms with Crippen molar-refractivity contribution in [2.24, 2.45) is 5.73 Å². The van der Waals surface area contributed by atoms with Crippen molar-refractivity contribution in [2.45, 2.75) is 13.1 Å². The van der Waals surface area contributed by atoms with E-state index in [1.165, 1.54) is 5.56 Å². The predicted octanol–water partition coefficient (Wildman–Crippen LogP) is 1.20. The van der Waals surface area contributed by atoms with Gasteiger partial charge >= 0.3 is 0 Å². The fourth-order valence-corrected chi connectivity index (χ4v) is 1.86. The third-order valence-corrected chi connectivity index (χ3v) is 2.93. The van der Waals surface area contributed by atoms with Crippen LogP contribution in [-0.2, 0) is 13.1 Å². The maximum absolute atomic E-state index is 5.57. The molecular weight excluding hydrogens is 240 g/mol. The van der Waals surface area contributed by atoms with Crippen LogP contribution in [0, 0.1) is 0 Å². The summed E-state index contributed by atoms with van der Waals surface area (Å²) in [5, 5.41) is 11.2. The van der Waals surface area contributed by atoms with E-state index in [0.717, 1.165) is 17.0 Å². The Hall–Kier alpha value is -2.47. The van der Waals surface area contributed by atoms with Gasteiger partial charge in [0.2, 0.25) is 5.65 Å². The molecule has 0 radical (unpaired) electrons. The summed E-state index contributed by atoms with van der Waals surface area (Å²) in [6.07, 6.45) is 5.19. The monoisotopic (exact) mass is 254 g/mol. The molecule has 2 heterocycles. The summed E-state index contributed by atoms with van der Waals surface area (Å²) in [4.78, 5) is 4.27. The van der Waals surface area contributed by atoms with Gasteiger partial charge in [-0.1, -0.05) is 24.3 Å². The van der Waals surface area contributed by atoms with Gasteiger partial charge in [-0.25, -0.2) is 4.98 Å². The van der Waals surface area contributed by atoms with Crippen LogP contribution < -0.4 is 11.1 Å². The molecular formula is C13H14N6. The minimum absolute atomic E-state index is 0.564. The molecule has 0 unspecified atom stereocenters. The number of aromatic nitrogens is 4. The molecule has 0 atom stereocenters. The molecule has 6 heteroatoms. The molecule has 0 bridgehead atoms. The molecule has 0 amide bonds. The third kappa shape index (κ3) is 2.38. The van der Waals surface area contributed by atoms with Gasteiger partial charge in [0.05, 0.1) is 0 Å². The highest BCUT2D eigenvalue weighted by Gasteiger charge is 2.04. The van der Waals surface area contributed by atoms with Crippen molar-refractivity contribution in [3.05, 3.63) is 54.1 Å². The lowest BCUT2D eigenvalue weighted by Crippen LogP contribution is -2.04. The number of benzene rings is 1. The Bertz CT molecular complexity index is 673. The number of rotatable bonds is 4. The Balaban J connectivity index is 1.76.